The van der Waals surface area contributed by atoms with Gasteiger partial charge in [-0.3, -0.25) is 4.68 Å². The SMILES string of the molecule is Fc1ccc(-c2noc(Cn3cc(I)cn3)n2)cc1. The van der Waals surface area contributed by atoms with E-state index >= 15 is 0 Å². The Balaban J connectivity index is 1.81. The molecule has 0 aliphatic heterocycles. The molecule has 19 heavy (non-hydrogen) atoms. The van der Waals surface area contributed by atoms with Gasteiger partial charge < -0.3 is 4.52 Å². The van der Waals surface area contributed by atoms with Gasteiger partial charge in [0.25, 0.3) is 0 Å². The predicted octanol–water partition coefficient (Wildman–Crippen LogP) is 2.73. The van der Waals surface area contributed by atoms with Crippen molar-refractivity contribution < 1.29 is 8.91 Å². The van der Waals surface area contributed by atoms with Crippen molar-refractivity contribution in [2.45, 2.75) is 6.54 Å². The quantitative estimate of drug-likeness (QED) is 0.666. The third-order valence-electron chi connectivity index (χ3n) is 2.47. The number of rotatable bonds is 3. The fraction of sp³-hybridized carbons (Fsp3) is 0.0833. The van der Waals surface area contributed by atoms with Crippen LogP contribution >= 0.6 is 22.6 Å². The smallest absolute Gasteiger partial charge is 0.248 e. The van der Waals surface area contributed by atoms with Crippen molar-refractivity contribution in [3.05, 3.63) is 51.9 Å². The van der Waals surface area contributed by atoms with Crippen LogP contribution in [0.25, 0.3) is 11.4 Å². The van der Waals surface area contributed by atoms with Crippen LogP contribution in [0.5, 0.6) is 0 Å². The van der Waals surface area contributed by atoms with Crippen LogP contribution < -0.4 is 0 Å². The number of benzene rings is 1. The number of nitrogens with zero attached hydrogens (tertiary/aromatic N) is 4. The first-order valence-electron chi connectivity index (χ1n) is 5.47. The van der Waals surface area contributed by atoms with E-state index < -0.39 is 0 Å². The minimum atomic E-state index is -0.293. The average Bonchev–Trinajstić information content (AvgIpc) is 3.00. The highest BCUT2D eigenvalue weighted by molar-refractivity contribution is 14.1. The maximum atomic E-state index is 12.8. The highest BCUT2D eigenvalue weighted by Gasteiger charge is 2.09. The molecule has 0 bridgehead atoms. The summed E-state index contributed by atoms with van der Waals surface area (Å²) >= 11 is 2.18. The molecule has 0 atom stereocenters. The third-order valence-corrected chi connectivity index (χ3v) is 3.03. The summed E-state index contributed by atoms with van der Waals surface area (Å²) in [5.74, 6) is 0.606. The molecule has 3 aromatic rings. The lowest BCUT2D eigenvalue weighted by Crippen LogP contribution is -1.99. The van der Waals surface area contributed by atoms with Crippen LogP contribution in [-0.2, 0) is 6.54 Å². The van der Waals surface area contributed by atoms with Crippen molar-refractivity contribution in [1.29, 1.82) is 0 Å². The molecular formula is C12H8FIN4O. The minimum absolute atomic E-state index is 0.293. The van der Waals surface area contributed by atoms with Gasteiger partial charge >= 0.3 is 0 Å². The van der Waals surface area contributed by atoms with Gasteiger partial charge in [-0.1, -0.05) is 5.16 Å². The Kier molecular flexibility index (Phi) is 3.28. The van der Waals surface area contributed by atoms with Gasteiger partial charge in [-0.25, -0.2) is 4.39 Å². The molecule has 0 amide bonds. The van der Waals surface area contributed by atoms with E-state index in [0.29, 0.717) is 23.8 Å². The number of hydrogen-bond acceptors (Lipinski definition) is 4. The maximum absolute atomic E-state index is 12.8. The molecule has 0 fully saturated rings. The molecule has 1 aromatic carbocycles. The Bertz CT molecular complexity index is 692. The first kappa shape index (κ1) is 12.3. The standard InChI is InChI=1S/C12H8FIN4O/c13-9-3-1-8(2-4-9)12-16-11(19-17-12)7-18-6-10(14)5-15-18/h1-6H,7H2. The number of halogens is 2. The summed E-state index contributed by atoms with van der Waals surface area (Å²) in [5, 5.41) is 8.00. The number of hydrogen-bond donors (Lipinski definition) is 0. The first-order valence-corrected chi connectivity index (χ1v) is 6.55. The first-order chi connectivity index (χ1) is 9.20. The van der Waals surface area contributed by atoms with Crippen LogP contribution in [0, 0.1) is 9.39 Å². The van der Waals surface area contributed by atoms with Gasteiger partial charge in [-0.2, -0.15) is 10.1 Å². The van der Waals surface area contributed by atoms with Crippen molar-refractivity contribution in [2.24, 2.45) is 0 Å². The van der Waals surface area contributed by atoms with E-state index in [1.807, 2.05) is 6.20 Å². The molecule has 2 heterocycles. The van der Waals surface area contributed by atoms with Crippen molar-refractivity contribution in [3.63, 3.8) is 0 Å². The van der Waals surface area contributed by atoms with Gasteiger partial charge in [0, 0.05) is 11.8 Å². The Morgan fingerprint density at radius 3 is 2.74 bits per heavy atom. The molecule has 0 saturated carbocycles. The van der Waals surface area contributed by atoms with Crippen molar-refractivity contribution in [3.8, 4) is 11.4 Å². The Morgan fingerprint density at radius 1 is 1.26 bits per heavy atom. The fourth-order valence-electron chi connectivity index (χ4n) is 1.60. The van der Waals surface area contributed by atoms with Crippen molar-refractivity contribution >= 4 is 22.6 Å². The summed E-state index contributed by atoms with van der Waals surface area (Å²) in [6.07, 6.45) is 3.63. The zero-order chi connectivity index (χ0) is 13.2. The van der Waals surface area contributed by atoms with E-state index in [-0.39, 0.29) is 5.82 Å². The van der Waals surface area contributed by atoms with Gasteiger partial charge in [-0.15, -0.1) is 0 Å². The van der Waals surface area contributed by atoms with E-state index in [1.165, 1.54) is 12.1 Å². The topological polar surface area (TPSA) is 56.7 Å². The van der Waals surface area contributed by atoms with Crippen LogP contribution in [0.1, 0.15) is 5.89 Å². The number of aromatic nitrogens is 4. The molecule has 0 saturated heterocycles. The van der Waals surface area contributed by atoms with Crippen LogP contribution in [0.2, 0.25) is 0 Å². The van der Waals surface area contributed by atoms with Crippen LogP contribution in [0.3, 0.4) is 0 Å². The van der Waals surface area contributed by atoms with Crippen LogP contribution in [-0.4, -0.2) is 19.9 Å². The largest absolute Gasteiger partial charge is 0.337 e. The average molecular weight is 370 g/mol. The third kappa shape index (κ3) is 2.80. The molecule has 0 radical (unpaired) electrons. The molecule has 0 N–H and O–H groups in total. The molecule has 2 aromatic heterocycles. The Morgan fingerprint density at radius 2 is 2.05 bits per heavy atom. The van der Waals surface area contributed by atoms with E-state index in [4.69, 9.17) is 4.52 Å². The lowest BCUT2D eigenvalue weighted by molar-refractivity contribution is 0.366. The van der Waals surface area contributed by atoms with Gasteiger partial charge in [-0.05, 0) is 46.9 Å². The highest BCUT2D eigenvalue weighted by atomic mass is 127. The lowest BCUT2D eigenvalue weighted by atomic mass is 10.2. The summed E-state index contributed by atoms with van der Waals surface area (Å²) in [6, 6.07) is 5.95. The summed E-state index contributed by atoms with van der Waals surface area (Å²) in [6.45, 7) is 0.414. The second kappa shape index (κ2) is 5.08. The van der Waals surface area contributed by atoms with Crippen LogP contribution in [0.4, 0.5) is 4.39 Å². The van der Waals surface area contributed by atoms with E-state index in [2.05, 4.69) is 37.8 Å². The van der Waals surface area contributed by atoms with Gasteiger partial charge in [0.1, 0.15) is 12.4 Å². The van der Waals surface area contributed by atoms with Crippen molar-refractivity contribution in [1.82, 2.24) is 19.9 Å². The van der Waals surface area contributed by atoms with E-state index in [0.717, 1.165) is 3.57 Å². The van der Waals surface area contributed by atoms with Gasteiger partial charge in [0.2, 0.25) is 11.7 Å². The summed E-state index contributed by atoms with van der Waals surface area (Å²) in [5.41, 5.74) is 0.714. The monoisotopic (exact) mass is 370 g/mol. The summed E-state index contributed by atoms with van der Waals surface area (Å²) in [4.78, 5) is 4.25. The molecule has 5 nitrogen and oxygen atoms in total. The molecule has 3 rings (SSSR count). The van der Waals surface area contributed by atoms with E-state index in [1.54, 1.807) is 23.0 Å². The summed E-state index contributed by atoms with van der Waals surface area (Å²) < 4.78 is 20.7. The molecule has 7 heteroatoms. The second-order valence-corrected chi connectivity index (χ2v) is 5.12. The normalized spacial score (nSPS) is 10.8. The summed E-state index contributed by atoms with van der Waals surface area (Å²) in [7, 11) is 0. The van der Waals surface area contributed by atoms with Crippen LogP contribution in [0.15, 0.2) is 41.2 Å². The van der Waals surface area contributed by atoms with Gasteiger partial charge in [0.15, 0.2) is 0 Å². The zero-order valence-corrected chi connectivity index (χ0v) is 11.8. The molecule has 0 unspecified atom stereocenters. The fourth-order valence-corrected chi connectivity index (χ4v) is 2.04. The minimum Gasteiger partial charge on any atom is -0.337 e. The van der Waals surface area contributed by atoms with E-state index in [9.17, 15) is 4.39 Å². The Labute approximate surface area is 121 Å². The van der Waals surface area contributed by atoms with Crippen molar-refractivity contribution in [2.75, 3.05) is 0 Å². The Hall–Kier alpha value is -1.77. The molecule has 96 valence electrons. The highest BCUT2D eigenvalue weighted by Crippen LogP contribution is 2.16. The molecular weight excluding hydrogens is 362 g/mol. The molecule has 0 aliphatic carbocycles. The second-order valence-electron chi connectivity index (χ2n) is 3.87. The predicted molar refractivity (Wildman–Crippen MR) is 73.7 cm³/mol. The molecule has 0 aliphatic rings. The molecule has 0 spiro atoms. The maximum Gasteiger partial charge on any atom is 0.248 e. The zero-order valence-electron chi connectivity index (χ0n) is 9.62. The van der Waals surface area contributed by atoms with Gasteiger partial charge in [0.05, 0.1) is 9.77 Å². The lowest BCUT2D eigenvalue weighted by Gasteiger charge is -1.94.